The highest BCUT2D eigenvalue weighted by atomic mass is 32.2. The van der Waals surface area contributed by atoms with Gasteiger partial charge in [-0.1, -0.05) is 12.1 Å². The number of benzene rings is 1. The number of anilines is 1. The number of rotatable bonds is 4. The number of pyridine rings is 1. The van der Waals surface area contributed by atoms with Gasteiger partial charge in [0.1, 0.15) is 5.56 Å². The van der Waals surface area contributed by atoms with Crippen LogP contribution >= 0.6 is 0 Å². The van der Waals surface area contributed by atoms with E-state index in [0.29, 0.717) is 5.56 Å². The van der Waals surface area contributed by atoms with Gasteiger partial charge < -0.3 is 15.1 Å². The molecule has 0 aliphatic heterocycles. The van der Waals surface area contributed by atoms with Gasteiger partial charge >= 0.3 is 21.5 Å². The number of carboxylic acid groups (broad SMARTS) is 1. The van der Waals surface area contributed by atoms with E-state index in [4.69, 9.17) is 5.11 Å². The van der Waals surface area contributed by atoms with Crippen LogP contribution in [0, 0.1) is 0 Å². The highest BCUT2D eigenvalue weighted by Gasteiger charge is 2.45. The third-order valence-corrected chi connectivity index (χ3v) is 4.41. The summed E-state index contributed by atoms with van der Waals surface area (Å²) in [5.74, 6) is -1.40. The Labute approximate surface area is 161 Å². The average Bonchev–Trinajstić information content (AvgIpc) is 3.20. The van der Waals surface area contributed by atoms with E-state index in [2.05, 4.69) is 15.0 Å². The molecule has 9 nitrogen and oxygen atoms in total. The zero-order valence-corrected chi connectivity index (χ0v) is 15.1. The number of halogens is 3. The van der Waals surface area contributed by atoms with Crippen molar-refractivity contribution in [2.24, 2.45) is 0 Å². The maximum absolute atomic E-state index is 12.3. The molecule has 0 saturated heterocycles. The largest absolute Gasteiger partial charge is 0.516 e. The van der Waals surface area contributed by atoms with E-state index in [-0.39, 0.29) is 11.4 Å². The number of hydrogen-bond acceptors (Lipinski definition) is 5. The van der Waals surface area contributed by atoms with Crippen LogP contribution in [0.15, 0.2) is 59.9 Å². The lowest BCUT2D eigenvalue weighted by molar-refractivity contribution is -0.0429. The van der Waals surface area contributed by atoms with Gasteiger partial charge in [-0.05, 0) is 29.8 Å². The van der Waals surface area contributed by atoms with Crippen LogP contribution in [0.25, 0.3) is 11.3 Å². The van der Waals surface area contributed by atoms with Gasteiger partial charge in [-0.3, -0.25) is 9.52 Å². The molecule has 0 radical (unpaired) electrons. The minimum absolute atomic E-state index is 0.218. The van der Waals surface area contributed by atoms with E-state index < -0.39 is 32.6 Å². The monoisotopic (exact) mass is 430 g/mol. The fourth-order valence-corrected chi connectivity index (χ4v) is 2.52. The second-order valence-corrected chi connectivity index (χ2v) is 6.98. The number of sulfonamides is 1. The van der Waals surface area contributed by atoms with Gasteiger partial charge in [-0.25, -0.2) is 9.78 Å². The molecule has 1 aromatic carbocycles. The van der Waals surface area contributed by atoms with Crippen molar-refractivity contribution in [1.82, 2.24) is 15.0 Å². The lowest BCUT2D eigenvalue weighted by atomic mass is 10.1. The van der Waals surface area contributed by atoms with Gasteiger partial charge in [-0.2, -0.15) is 21.6 Å². The first kappa shape index (κ1) is 21.7. The molecule has 2 heterocycles. The van der Waals surface area contributed by atoms with Crippen molar-refractivity contribution in [3.63, 3.8) is 0 Å². The third kappa shape index (κ3) is 5.68. The summed E-state index contributed by atoms with van der Waals surface area (Å²) in [5, 5.41) is 8.76. The molecule has 29 heavy (non-hydrogen) atoms. The predicted octanol–water partition coefficient (Wildman–Crippen LogP) is 2.41. The zero-order chi connectivity index (χ0) is 21.7. The van der Waals surface area contributed by atoms with Crippen LogP contribution in [0.5, 0.6) is 0 Å². The van der Waals surface area contributed by atoms with Gasteiger partial charge in [-0.15, -0.1) is 0 Å². The Morgan fingerprint density at radius 1 is 1.10 bits per heavy atom. The lowest BCUT2D eigenvalue weighted by Gasteiger charge is -2.11. The molecule has 0 fully saturated rings. The molecule has 13 heteroatoms. The first-order chi connectivity index (χ1) is 13.5. The molecule has 0 saturated carbocycles. The Morgan fingerprint density at radius 3 is 2.17 bits per heavy atom. The standard InChI is InChI=1S/C13H9F3N2O5S.C3H4N2/c14-13(15,16)24(22,23)18-8-3-1-7(2-4-8)10-6-5-9(12(20)21)11(19)17-10;1-2-5-3-4-1/h1-6,18H,(H,17,19)(H,20,21);1-3H,(H,4,5). The first-order valence-corrected chi connectivity index (χ1v) is 9.08. The SMILES string of the molecule is O=C(O)c1ccc(-c2ccc(NS(=O)(=O)C(F)(F)F)cc2)[nH]c1=O.c1c[nH]cn1. The van der Waals surface area contributed by atoms with E-state index in [1.165, 1.54) is 22.9 Å². The number of carboxylic acids is 1. The van der Waals surface area contributed by atoms with Crippen molar-refractivity contribution < 1.29 is 31.5 Å². The fourth-order valence-electron chi connectivity index (χ4n) is 1.96. The Kier molecular flexibility index (Phi) is 6.43. The van der Waals surface area contributed by atoms with Gasteiger partial charge in [0, 0.05) is 23.8 Å². The number of nitrogens with zero attached hydrogens (tertiary/aromatic N) is 1. The molecule has 0 spiro atoms. The van der Waals surface area contributed by atoms with Crippen LogP contribution < -0.4 is 10.3 Å². The molecule has 0 aliphatic carbocycles. The van der Waals surface area contributed by atoms with Crippen molar-refractivity contribution in [1.29, 1.82) is 0 Å². The molecule has 3 rings (SSSR count). The lowest BCUT2D eigenvalue weighted by Crippen LogP contribution is -2.29. The summed E-state index contributed by atoms with van der Waals surface area (Å²) in [6, 6.07) is 7.06. The molecule has 0 aliphatic rings. The molecule has 0 bridgehead atoms. The Bertz CT molecular complexity index is 1110. The minimum Gasteiger partial charge on any atom is -0.477 e. The maximum atomic E-state index is 12.3. The minimum atomic E-state index is -5.52. The van der Waals surface area contributed by atoms with E-state index >= 15 is 0 Å². The Morgan fingerprint density at radius 2 is 1.76 bits per heavy atom. The number of hydrogen-bond donors (Lipinski definition) is 4. The number of nitrogens with one attached hydrogen (secondary N) is 3. The number of aromatic nitrogens is 3. The fraction of sp³-hybridized carbons (Fsp3) is 0.0625. The van der Waals surface area contributed by atoms with Crippen molar-refractivity contribution in [2.45, 2.75) is 5.51 Å². The van der Waals surface area contributed by atoms with Crippen LogP contribution in [0.4, 0.5) is 18.9 Å². The van der Waals surface area contributed by atoms with Gasteiger partial charge in [0.2, 0.25) is 0 Å². The molecule has 3 aromatic rings. The predicted molar refractivity (Wildman–Crippen MR) is 96.6 cm³/mol. The normalized spacial score (nSPS) is 11.3. The quantitative estimate of drug-likeness (QED) is 0.500. The van der Waals surface area contributed by atoms with Crippen LogP contribution in [-0.2, 0) is 10.0 Å². The number of aromatic amines is 2. The number of alkyl halides is 3. The molecule has 0 atom stereocenters. The molecular formula is C16H13F3N4O5S. The summed E-state index contributed by atoms with van der Waals surface area (Å²) in [6.07, 6.45) is 5.08. The zero-order valence-electron chi connectivity index (χ0n) is 14.3. The number of H-pyrrole nitrogens is 2. The average molecular weight is 430 g/mol. The second kappa shape index (κ2) is 8.60. The summed E-state index contributed by atoms with van der Waals surface area (Å²) in [4.78, 5) is 31.0. The smallest absolute Gasteiger partial charge is 0.477 e. The van der Waals surface area contributed by atoms with Crippen molar-refractivity contribution in [3.05, 3.63) is 71.0 Å². The third-order valence-electron chi connectivity index (χ3n) is 3.30. The number of carbonyl (C=O) groups is 1. The highest BCUT2D eigenvalue weighted by molar-refractivity contribution is 7.93. The summed E-state index contributed by atoms with van der Waals surface area (Å²) in [7, 11) is -5.52. The topological polar surface area (TPSA) is 145 Å². The van der Waals surface area contributed by atoms with Crippen LogP contribution in [-0.4, -0.2) is 40.0 Å². The number of imidazole rings is 1. The van der Waals surface area contributed by atoms with Crippen LogP contribution in [0.1, 0.15) is 10.4 Å². The van der Waals surface area contributed by atoms with E-state index in [0.717, 1.165) is 18.2 Å². The molecule has 0 unspecified atom stereocenters. The van der Waals surface area contributed by atoms with Gasteiger partial charge in [0.05, 0.1) is 6.33 Å². The Balaban J connectivity index is 0.000000521. The Hall–Kier alpha value is -3.61. The second-order valence-electron chi connectivity index (χ2n) is 5.31. The summed E-state index contributed by atoms with van der Waals surface area (Å²) in [5.41, 5.74) is -6.51. The van der Waals surface area contributed by atoms with E-state index in [1.54, 1.807) is 18.7 Å². The summed E-state index contributed by atoms with van der Waals surface area (Å²) < 4.78 is 60.2. The number of aromatic carboxylic acids is 1. The first-order valence-electron chi connectivity index (χ1n) is 7.60. The van der Waals surface area contributed by atoms with E-state index in [1.807, 2.05) is 0 Å². The van der Waals surface area contributed by atoms with Gasteiger partial charge in [0.25, 0.3) is 5.56 Å². The summed E-state index contributed by atoms with van der Waals surface area (Å²) in [6.45, 7) is 0. The van der Waals surface area contributed by atoms with Gasteiger partial charge in [0.15, 0.2) is 0 Å². The molecular weight excluding hydrogens is 417 g/mol. The highest BCUT2D eigenvalue weighted by Crippen LogP contribution is 2.26. The molecule has 4 N–H and O–H groups in total. The molecule has 2 aromatic heterocycles. The van der Waals surface area contributed by atoms with Crippen molar-refractivity contribution in [2.75, 3.05) is 4.72 Å². The van der Waals surface area contributed by atoms with E-state index in [9.17, 15) is 31.2 Å². The van der Waals surface area contributed by atoms with Crippen molar-refractivity contribution >= 4 is 21.7 Å². The molecule has 154 valence electrons. The maximum Gasteiger partial charge on any atom is 0.516 e. The van der Waals surface area contributed by atoms with Crippen LogP contribution in [0.2, 0.25) is 0 Å². The molecule has 0 amide bonds. The van der Waals surface area contributed by atoms with Crippen LogP contribution in [0.3, 0.4) is 0 Å². The summed E-state index contributed by atoms with van der Waals surface area (Å²) >= 11 is 0. The van der Waals surface area contributed by atoms with Crippen molar-refractivity contribution in [3.8, 4) is 11.3 Å².